The van der Waals surface area contributed by atoms with E-state index in [1.54, 1.807) is 18.2 Å². The molecule has 2 aromatic carbocycles. The third kappa shape index (κ3) is 3.26. The van der Waals surface area contributed by atoms with Crippen molar-refractivity contribution in [2.45, 2.75) is 18.8 Å². The van der Waals surface area contributed by atoms with Gasteiger partial charge < -0.3 is 4.74 Å². The molecule has 0 amide bonds. The Morgan fingerprint density at radius 3 is 2.37 bits per heavy atom. The molecule has 3 rings (SSSR count). The van der Waals surface area contributed by atoms with Gasteiger partial charge in [-0.05, 0) is 36.1 Å². The van der Waals surface area contributed by atoms with Crippen LogP contribution in [0.5, 0.6) is 0 Å². The molecule has 0 spiro atoms. The molecule has 0 aromatic heterocycles. The minimum Gasteiger partial charge on any atom is -0.465 e. The summed E-state index contributed by atoms with van der Waals surface area (Å²) in [5.41, 5.74) is 0.741. The maximum Gasteiger partial charge on any atom is 0.341 e. The number of allylic oxidation sites excluding steroid dienone is 1. The Bertz CT molecular complexity index is 953. The van der Waals surface area contributed by atoms with Gasteiger partial charge in [-0.1, -0.05) is 66.7 Å². The lowest BCUT2D eigenvalue weighted by molar-refractivity contribution is -0.139. The van der Waals surface area contributed by atoms with E-state index in [1.807, 2.05) is 48.6 Å². The lowest BCUT2D eigenvalue weighted by Crippen LogP contribution is -2.46. The van der Waals surface area contributed by atoms with Crippen LogP contribution in [0.3, 0.4) is 0 Å². The maximum absolute atomic E-state index is 13.3. The van der Waals surface area contributed by atoms with E-state index in [9.17, 15) is 14.4 Å². The van der Waals surface area contributed by atoms with Crippen LogP contribution in [0.15, 0.2) is 66.2 Å². The SMILES string of the molecule is COC(=O)C1=Cc2ccccc2C(C/C=C/c2ccccc2)(C(C)=O)C1=O. The minimum atomic E-state index is -1.43. The molecule has 27 heavy (non-hydrogen) atoms. The molecule has 2 aromatic rings. The number of Topliss-reactive ketones (excluding diaryl/α,β-unsaturated/α-hetero) is 2. The number of rotatable bonds is 5. The molecule has 0 saturated heterocycles. The van der Waals surface area contributed by atoms with E-state index in [1.165, 1.54) is 20.1 Å². The highest BCUT2D eigenvalue weighted by atomic mass is 16.5. The number of hydrogen-bond acceptors (Lipinski definition) is 4. The molecular weight excluding hydrogens is 340 g/mol. The summed E-state index contributed by atoms with van der Waals surface area (Å²) in [6.45, 7) is 1.39. The fourth-order valence-electron chi connectivity index (χ4n) is 3.48. The fourth-order valence-corrected chi connectivity index (χ4v) is 3.48. The first-order valence-corrected chi connectivity index (χ1v) is 8.67. The van der Waals surface area contributed by atoms with Crippen molar-refractivity contribution in [3.63, 3.8) is 0 Å². The van der Waals surface area contributed by atoms with Gasteiger partial charge in [-0.25, -0.2) is 4.79 Å². The van der Waals surface area contributed by atoms with Crippen LogP contribution >= 0.6 is 0 Å². The average molecular weight is 360 g/mol. The van der Waals surface area contributed by atoms with E-state index in [4.69, 9.17) is 4.74 Å². The standard InChI is InChI=1S/C23H20O4/c1-16(24)23(14-8-11-17-9-4-3-5-10-17)20-13-7-6-12-18(20)15-19(21(23)25)22(26)27-2/h3-13,15H,14H2,1-2H3/b11-8+. The molecule has 136 valence electrons. The molecule has 4 nitrogen and oxygen atoms in total. The van der Waals surface area contributed by atoms with Crippen LogP contribution < -0.4 is 0 Å². The van der Waals surface area contributed by atoms with E-state index in [2.05, 4.69) is 0 Å². The Balaban J connectivity index is 2.11. The van der Waals surface area contributed by atoms with Gasteiger partial charge >= 0.3 is 5.97 Å². The van der Waals surface area contributed by atoms with Crippen molar-refractivity contribution in [3.05, 3.63) is 82.9 Å². The number of carbonyl (C=O) groups is 3. The van der Waals surface area contributed by atoms with Gasteiger partial charge in [-0.15, -0.1) is 0 Å². The highest BCUT2D eigenvalue weighted by Gasteiger charge is 2.49. The van der Waals surface area contributed by atoms with E-state index in [0.717, 1.165) is 5.56 Å². The molecule has 0 radical (unpaired) electrons. The lowest BCUT2D eigenvalue weighted by atomic mass is 9.65. The molecule has 0 bridgehead atoms. The maximum atomic E-state index is 13.3. The topological polar surface area (TPSA) is 60.4 Å². The molecule has 1 unspecified atom stereocenters. The number of benzene rings is 2. The molecule has 0 saturated carbocycles. The predicted octanol–water partition coefficient (Wildman–Crippen LogP) is 3.76. The third-order valence-electron chi connectivity index (χ3n) is 4.89. The quantitative estimate of drug-likeness (QED) is 0.463. The van der Waals surface area contributed by atoms with Crippen molar-refractivity contribution in [2.24, 2.45) is 0 Å². The van der Waals surface area contributed by atoms with Gasteiger partial charge in [0.15, 0.2) is 5.78 Å². The number of ketones is 2. The minimum absolute atomic E-state index is 0.0977. The molecule has 4 heteroatoms. The Morgan fingerprint density at radius 1 is 1.04 bits per heavy atom. The van der Waals surface area contributed by atoms with E-state index in [-0.39, 0.29) is 17.8 Å². The van der Waals surface area contributed by atoms with Crippen molar-refractivity contribution in [1.29, 1.82) is 0 Å². The summed E-state index contributed by atoms with van der Waals surface area (Å²) in [7, 11) is 1.22. The number of fused-ring (bicyclic) bond motifs is 1. The van der Waals surface area contributed by atoms with Crippen LogP contribution in [0, 0.1) is 0 Å². The molecular formula is C23H20O4. The van der Waals surface area contributed by atoms with E-state index >= 15 is 0 Å². The summed E-state index contributed by atoms with van der Waals surface area (Å²) in [5.74, 6) is -1.54. The summed E-state index contributed by atoms with van der Waals surface area (Å²) in [5, 5.41) is 0. The largest absolute Gasteiger partial charge is 0.465 e. The first kappa shape index (κ1) is 18.5. The van der Waals surface area contributed by atoms with Crippen molar-refractivity contribution in [1.82, 2.24) is 0 Å². The Morgan fingerprint density at radius 2 is 1.70 bits per heavy atom. The van der Waals surface area contributed by atoms with Crippen molar-refractivity contribution in [2.75, 3.05) is 7.11 Å². The number of hydrogen-bond donors (Lipinski definition) is 0. The van der Waals surface area contributed by atoms with Crippen molar-refractivity contribution in [3.8, 4) is 0 Å². The van der Waals surface area contributed by atoms with Gasteiger partial charge in [0, 0.05) is 0 Å². The number of carbonyl (C=O) groups excluding carboxylic acids is 3. The molecule has 1 atom stereocenters. The van der Waals surface area contributed by atoms with E-state index in [0.29, 0.717) is 11.1 Å². The summed E-state index contributed by atoms with van der Waals surface area (Å²) in [6, 6.07) is 16.8. The summed E-state index contributed by atoms with van der Waals surface area (Å²) in [4.78, 5) is 38.2. The summed E-state index contributed by atoms with van der Waals surface area (Å²) < 4.78 is 4.76. The average Bonchev–Trinajstić information content (AvgIpc) is 2.69. The summed E-state index contributed by atoms with van der Waals surface area (Å²) >= 11 is 0. The molecule has 0 heterocycles. The zero-order chi connectivity index (χ0) is 19.4. The highest BCUT2D eigenvalue weighted by molar-refractivity contribution is 6.32. The van der Waals surface area contributed by atoms with Crippen LogP contribution in [0.25, 0.3) is 12.2 Å². The van der Waals surface area contributed by atoms with Gasteiger partial charge in [-0.2, -0.15) is 0 Å². The van der Waals surface area contributed by atoms with Gasteiger partial charge in [0.2, 0.25) is 0 Å². The van der Waals surface area contributed by atoms with Crippen LogP contribution in [-0.4, -0.2) is 24.6 Å². The van der Waals surface area contributed by atoms with Gasteiger partial charge in [0.1, 0.15) is 16.8 Å². The first-order chi connectivity index (χ1) is 13.0. The molecule has 0 fully saturated rings. The van der Waals surface area contributed by atoms with Crippen molar-refractivity contribution < 1.29 is 19.1 Å². The van der Waals surface area contributed by atoms with Crippen molar-refractivity contribution >= 4 is 29.7 Å². The predicted molar refractivity (Wildman–Crippen MR) is 104 cm³/mol. The zero-order valence-corrected chi connectivity index (χ0v) is 15.3. The second-order valence-corrected chi connectivity index (χ2v) is 6.44. The van der Waals surface area contributed by atoms with Crippen LogP contribution in [0.1, 0.15) is 30.0 Å². The smallest absolute Gasteiger partial charge is 0.341 e. The highest BCUT2D eigenvalue weighted by Crippen LogP contribution is 2.40. The van der Waals surface area contributed by atoms with Crippen LogP contribution in [0.4, 0.5) is 0 Å². The normalized spacial score (nSPS) is 18.7. The van der Waals surface area contributed by atoms with Gasteiger partial charge in [-0.3, -0.25) is 9.59 Å². The van der Waals surface area contributed by atoms with E-state index < -0.39 is 17.2 Å². The van der Waals surface area contributed by atoms with Crippen LogP contribution in [0.2, 0.25) is 0 Å². The number of ether oxygens (including phenoxy) is 1. The van der Waals surface area contributed by atoms with Gasteiger partial charge in [0.25, 0.3) is 0 Å². The Hall–Kier alpha value is -3.27. The molecule has 0 aliphatic heterocycles. The molecule has 1 aliphatic rings. The number of methoxy groups -OCH3 is 1. The second kappa shape index (κ2) is 7.54. The third-order valence-corrected chi connectivity index (χ3v) is 4.89. The molecule has 1 aliphatic carbocycles. The zero-order valence-electron chi connectivity index (χ0n) is 15.3. The monoisotopic (exact) mass is 360 g/mol. The summed E-state index contributed by atoms with van der Waals surface area (Å²) in [6.07, 6.45) is 5.36. The Kier molecular flexibility index (Phi) is 5.17. The Labute approximate surface area is 158 Å². The van der Waals surface area contributed by atoms with Gasteiger partial charge in [0.05, 0.1) is 7.11 Å². The lowest BCUT2D eigenvalue weighted by Gasteiger charge is -2.34. The number of esters is 1. The first-order valence-electron chi connectivity index (χ1n) is 8.67. The fraction of sp³-hybridized carbons (Fsp3) is 0.174. The van der Waals surface area contributed by atoms with Crippen LogP contribution in [-0.2, 0) is 24.5 Å². The second-order valence-electron chi connectivity index (χ2n) is 6.44. The molecule has 0 N–H and O–H groups in total.